The van der Waals surface area contributed by atoms with Crippen molar-refractivity contribution in [2.75, 3.05) is 5.73 Å². The van der Waals surface area contributed by atoms with Crippen LogP contribution in [0, 0.1) is 5.82 Å². The van der Waals surface area contributed by atoms with Crippen molar-refractivity contribution in [3.8, 4) is 11.3 Å². The van der Waals surface area contributed by atoms with E-state index in [1.165, 1.54) is 11.6 Å². The zero-order valence-electron chi connectivity index (χ0n) is 15.3. The van der Waals surface area contributed by atoms with Crippen LogP contribution in [-0.2, 0) is 19.3 Å². The van der Waals surface area contributed by atoms with E-state index in [1.54, 1.807) is 18.3 Å². The van der Waals surface area contributed by atoms with Crippen LogP contribution in [0.1, 0.15) is 22.4 Å². The van der Waals surface area contributed by atoms with Gasteiger partial charge >= 0.3 is 0 Å². The van der Waals surface area contributed by atoms with E-state index in [1.807, 2.05) is 24.3 Å². The molecule has 2 heterocycles. The van der Waals surface area contributed by atoms with Crippen LogP contribution in [0.3, 0.4) is 0 Å². The molecule has 4 aromatic rings. The number of aryl methyl sites for hydroxylation is 2. The number of hydrogen-bond donors (Lipinski definition) is 1. The number of nitrogens with zero attached hydrogens (tertiary/aromatic N) is 2. The Morgan fingerprint density at radius 1 is 0.857 bits per heavy atom. The minimum Gasteiger partial charge on any atom is -0.383 e. The van der Waals surface area contributed by atoms with E-state index in [-0.39, 0.29) is 5.82 Å². The van der Waals surface area contributed by atoms with E-state index in [2.05, 4.69) is 34.4 Å². The molecule has 0 aliphatic carbocycles. The Hall–Kier alpha value is -3.47. The van der Waals surface area contributed by atoms with Gasteiger partial charge in [-0.3, -0.25) is 0 Å². The molecular weight excluding hydrogens is 353 g/mol. The highest BCUT2D eigenvalue weighted by molar-refractivity contribution is 5.69. The van der Waals surface area contributed by atoms with E-state index in [0.29, 0.717) is 18.0 Å². The number of pyridine rings is 1. The van der Waals surface area contributed by atoms with Gasteiger partial charge in [-0.15, -0.1) is 0 Å². The highest BCUT2D eigenvalue weighted by atomic mass is 19.1. The third-order valence-electron chi connectivity index (χ3n) is 4.66. The van der Waals surface area contributed by atoms with Crippen molar-refractivity contribution in [3.63, 3.8) is 0 Å². The molecule has 0 saturated heterocycles. The standard InChI is InChI=1S/C23H20FN3O/c24-19-4-1-3-17(13-19)9-6-16-7-10-18(11-8-16)14-20-15-22(28-27-20)21-5-2-12-26-23(21)25/h1-5,7-8,10-13,15H,6,9,14H2,(H2,25,26). The first-order chi connectivity index (χ1) is 13.7. The molecule has 0 unspecified atom stereocenters. The highest BCUT2D eigenvalue weighted by Crippen LogP contribution is 2.25. The fourth-order valence-corrected chi connectivity index (χ4v) is 3.16. The highest BCUT2D eigenvalue weighted by Gasteiger charge is 2.10. The first kappa shape index (κ1) is 17.9. The number of halogens is 1. The minimum atomic E-state index is -0.187. The van der Waals surface area contributed by atoms with Gasteiger partial charge in [-0.2, -0.15) is 0 Å². The molecule has 0 aliphatic rings. The van der Waals surface area contributed by atoms with Crippen LogP contribution < -0.4 is 5.73 Å². The lowest BCUT2D eigenvalue weighted by atomic mass is 10.0. The summed E-state index contributed by atoms with van der Waals surface area (Å²) >= 11 is 0. The lowest BCUT2D eigenvalue weighted by Crippen LogP contribution is -1.94. The predicted molar refractivity (Wildman–Crippen MR) is 107 cm³/mol. The Morgan fingerprint density at radius 3 is 2.43 bits per heavy atom. The van der Waals surface area contributed by atoms with Gasteiger partial charge in [0.25, 0.3) is 0 Å². The maximum atomic E-state index is 13.3. The molecule has 28 heavy (non-hydrogen) atoms. The van der Waals surface area contributed by atoms with E-state index in [0.717, 1.165) is 35.2 Å². The fourth-order valence-electron chi connectivity index (χ4n) is 3.16. The molecule has 4 rings (SSSR count). The van der Waals surface area contributed by atoms with Crippen molar-refractivity contribution in [2.24, 2.45) is 0 Å². The number of nitrogen functional groups attached to an aromatic ring is 1. The molecule has 0 radical (unpaired) electrons. The minimum absolute atomic E-state index is 0.187. The van der Waals surface area contributed by atoms with Gasteiger partial charge < -0.3 is 10.3 Å². The molecule has 5 heteroatoms. The topological polar surface area (TPSA) is 64.9 Å². The van der Waals surface area contributed by atoms with Crippen LogP contribution in [0.15, 0.2) is 77.4 Å². The van der Waals surface area contributed by atoms with Crippen molar-refractivity contribution in [1.29, 1.82) is 0 Å². The summed E-state index contributed by atoms with van der Waals surface area (Å²) in [6, 6.07) is 20.7. The van der Waals surface area contributed by atoms with Crippen LogP contribution in [0.5, 0.6) is 0 Å². The summed E-state index contributed by atoms with van der Waals surface area (Å²) in [6.07, 6.45) is 4.01. The molecule has 2 N–H and O–H groups in total. The monoisotopic (exact) mass is 373 g/mol. The average molecular weight is 373 g/mol. The molecule has 0 spiro atoms. The number of anilines is 1. The third kappa shape index (κ3) is 4.26. The van der Waals surface area contributed by atoms with Gasteiger partial charge in [-0.05, 0) is 53.8 Å². The fraction of sp³-hybridized carbons (Fsp3) is 0.130. The zero-order chi connectivity index (χ0) is 19.3. The van der Waals surface area contributed by atoms with E-state index in [9.17, 15) is 4.39 Å². The summed E-state index contributed by atoms with van der Waals surface area (Å²) < 4.78 is 18.7. The van der Waals surface area contributed by atoms with Gasteiger partial charge in [0.1, 0.15) is 11.6 Å². The zero-order valence-corrected chi connectivity index (χ0v) is 15.3. The SMILES string of the molecule is Nc1ncccc1-c1cc(Cc2ccc(CCc3cccc(F)c3)cc2)no1. The predicted octanol–water partition coefficient (Wildman–Crippen LogP) is 4.83. The van der Waals surface area contributed by atoms with Crippen LogP contribution in [0.2, 0.25) is 0 Å². The Bertz CT molecular complexity index is 1070. The Morgan fingerprint density at radius 2 is 1.64 bits per heavy atom. The molecule has 0 aliphatic heterocycles. The normalized spacial score (nSPS) is 10.9. The van der Waals surface area contributed by atoms with Gasteiger partial charge in [0.05, 0.1) is 11.3 Å². The largest absolute Gasteiger partial charge is 0.383 e. The summed E-state index contributed by atoms with van der Waals surface area (Å²) in [7, 11) is 0. The lowest BCUT2D eigenvalue weighted by molar-refractivity contribution is 0.425. The van der Waals surface area contributed by atoms with Gasteiger partial charge in [0.15, 0.2) is 5.76 Å². The van der Waals surface area contributed by atoms with Crippen molar-refractivity contribution >= 4 is 5.82 Å². The van der Waals surface area contributed by atoms with Gasteiger partial charge in [0, 0.05) is 18.7 Å². The van der Waals surface area contributed by atoms with Gasteiger partial charge in [-0.1, -0.05) is 41.6 Å². The second kappa shape index (κ2) is 8.05. The molecule has 0 fully saturated rings. The molecular formula is C23H20FN3O. The third-order valence-corrected chi connectivity index (χ3v) is 4.66. The first-order valence-electron chi connectivity index (χ1n) is 9.16. The number of hydrogen-bond acceptors (Lipinski definition) is 4. The molecule has 0 amide bonds. The summed E-state index contributed by atoms with van der Waals surface area (Å²) in [5.74, 6) is 0.855. The Balaban J connectivity index is 1.39. The smallest absolute Gasteiger partial charge is 0.170 e. The molecule has 0 bridgehead atoms. The van der Waals surface area contributed by atoms with Crippen LogP contribution in [0.4, 0.5) is 10.2 Å². The van der Waals surface area contributed by atoms with Crippen molar-refractivity contribution in [1.82, 2.24) is 10.1 Å². The van der Waals surface area contributed by atoms with Crippen molar-refractivity contribution in [3.05, 3.63) is 101 Å². The molecule has 0 saturated carbocycles. The Kier molecular flexibility index (Phi) is 5.15. The van der Waals surface area contributed by atoms with Gasteiger partial charge in [0.2, 0.25) is 0 Å². The quantitative estimate of drug-likeness (QED) is 0.525. The number of benzene rings is 2. The number of aromatic nitrogens is 2. The van der Waals surface area contributed by atoms with Crippen LogP contribution >= 0.6 is 0 Å². The second-order valence-electron chi connectivity index (χ2n) is 6.74. The molecule has 140 valence electrons. The summed E-state index contributed by atoms with van der Waals surface area (Å²) in [4.78, 5) is 4.07. The van der Waals surface area contributed by atoms with Crippen molar-refractivity contribution < 1.29 is 8.91 Å². The van der Waals surface area contributed by atoms with E-state index >= 15 is 0 Å². The molecule has 4 nitrogen and oxygen atoms in total. The van der Waals surface area contributed by atoms with Gasteiger partial charge in [-0.25, -0.2) is 9.37 Å². The average Bonchev–Trinajstić information content (AvgIpc) is 3.16. The summed E-state index contributed by atoms with van der Waals surface area (Å²) in [6.45, 7) is 0. The first-order valence-corrected chi connectivity index (χ1v) is 9.16. The number of nitrogens with two attached hydrogens (primary N) is 1. The number of rotatable bonds is 6. The summed E-state index contributed by atoms with van der Waals surface area (Å²) in [5, 5.41) is 4.14. The second-order valence-corrected chi connectivity index (χ2v) is 6.74. The maximum absolute atomic E-state index is 13.3. The molecule has 2 aromatic heterocycles. The van der Waals surface area contributed by atoms with Crippen LogP contribution in [-0.4, -0.2) is 10.1 Å². The molecule has 0 atom stereocenters. The van der Waals surface area contributed by atoms with E-state index < -0.39 is 0 Å². The molecule has 2 aromatic carbocycles. The van der Waals surface area contributed by atoms with Crippen molar-refractivity contribution in [2.45, 2.75) is 19.3 Å². The Labute approximate surface area is 162 Å². The van der Waals surface area contributed by atoms with Crippen LogP contribution in [0.25, 0.3) is 11.3 Å². The maximum Gasteiger partial charge on any atom is 0.170 e. The van der Waals surface area contributed by atoms with E-state index in [4.69, 9.17) is 10.3 Å². The summed E-state index contributed by atoms with van der Waals surface area (Å²) in [5.41, 5.74) is 10.8. The lowest BCUT2D eigenvalue weighted by Gasteiger charge is -2.04.